The lowest BCUT2D eigenvalue weighted by atomic mass is 10.2. The van der Waals surface area contributed by atoms with E-state index < -0.39 is 10.0 Å². The second-order valence-electron chi connectivity index (χ2n) is 4.67. The molecule has 0 unspecified atom stereocenters. The molecule has 0 aliphatic carbocycles. The number of aromatic amines is 1. The van der Waals surface area contributed by atoms with E-state index in [1.54, 1.807) is 19.3 Å². The van der Waals surface area contributed by atoms with Crippen molar-refractivity contribution < 1.29 is 8.42 Å². The summed E-state index contributed by atoms with van der Waals surface area (Å²) >= 11 is 0. The maximum absolute atomic E-state index is 12.3. The molecule has 0 aromatic carbocycles. The summed E-state index contributed by atoms with van der Waals surface area (Å²) in [5.74, 6) is 0. The van der Waals surface area contributed by atoms with E-state index in [2.05, 4.69) is 17.2 Å². The molecule has 0 amide bonds. The molecule has 1 aromatic rings. The molecule has 110 valence electrons. The van der Waals surface area contributed by atoms with Crippen LogP contribution in [0.3, 0.4) is 0 Å². The van der Waals surface area contributed by atoms with Gasteiger partial charge >= 0.3 is 0 Å². The number of H-pyrrole nitrogens is 1. The molecule has 1 aromatic heterocycles. The molecule has 0 aliphatic rings. The number of rotatable bonds is 9. The quantitative estimate of drug-likeness (QED) is 0.682. The van der Waals surface area contributed by atoms with Crippen LogP contribution in [0.2, 0.25) is 0 Å². The average Bonchev–Trinajstić information content (AvgIpc) is 2.85. The highest BCUT2D eigenvalue weighted by Gasteiger charge is 2.21. The van der Waals surface area contributed by atoms with Crippen LogP contribution in [-0.2, 0) is 16.6 Å². The fraction of sp³-hybridized carbons (Fsp3) is 0.692. The summed E-state index contributed by atoms with van der Waals surface area (Å²) < 4.78 is 26.0. The molecule has 0 atom stereocenters. The lowest BCUT2D eigenvalue weighted by Gasteiger charge is -2.15. The molecule has 0 fully saturated rings. The van der Waals surface area contributed by atoms with Gasteiger partial charge in [0, 0.05) is 32.0 Å². The zero-order valence-electron chi connectivity index (χ0n) is 12.1. The first kappa shape index (κ1) is 16.2. The van der Waals surface area contributed by atoms with Gasteiger partial charge in [-0.25, -0.2) is 12.7 Å². The Morgan fingerprint density at radius 2 is 2.05 bits per heavy atom. The molecule has 1 rings (SSSR count). The summed E-state index contributed by atoms with van der Waals surface area (Å²) in [4.78, 5) is 3.35. The molecule has 0 aliphatic heterocycles. The third-order valence-electron chi connectivity index (χ3n) is 3.07. The number of aromatic nitrogens is 1. The monoisotopic (exact) mass is 287 g/mol. The van der Waals surface area contributed by atoms with Crippen molar-refractivity contribution in [2.75, 3.05) is 20.1 Å². The molecule has 0 saturated heterocycles. The van der Waals surface area contributed by atoms with Gasteiger partial charge in [-0.2, -0.15) is 0 Å². The first-order chi connectivity index (χ1) is 9.02. The molecular formula is C13H25N3O2S. The third-order valence-corrected chi connectivity index (χ3v) is 4.90. The Kier molecular flexibility index (Phi) is 6.54. The van der Waals surface area contributed by atoms with Crippen LogP contribution >= 0.6 is 0 Å². The number of nitrogens with one attached hydrogen (secondary N) is 2. The maximum Gasteiger partial charge on any atom is 0.244 e. The van der Waals surface area contributed by atoms with Crippen molar-refractivity contribution in [1.29, 1.82) is 0 Å². The minimum Gasteiger partial charge on any atom is -0.363 e. The van der Waals surface area contributed by atoms with E-state index in [1.807, 2.05) is 6.92 Å². The third kappa shape index (κ3) is 4.63. The molecular weight excluding hydrogens is 262 g/mol. The predicted molar refractivity (Wildman–Crippen MR) is 77.5 cm³/mol. The van der Waals surface area contributed by atoms with Gasteiger partial charge in [0.05, 0.1) is 4.90 Å². The second-order valence-corrected chi connectivity index (χ2v) is 6.72. The first-order valence-electron chi connectivity index (χ1n) is 6.86. The Hall–Kier alpha value is -0.850. The van der Waals surface area contributed by atoms with Gasteiger partial charge in [0.1, 0.15) is 0 Å². The van der Waals surface area contributed by atoms with Crippen molar-refractivity contribution in [2.24, 2.45) is 0 Å². The van der Waals surface area contributed by atoms with Crippen molar-refractivity contribution in [3.8, 4) is 0 Å². The molecule has 5 nitrogen and oxygen atoms in total. The highest BCUT2D eigenvalue weighted by molar-refractivity contribution is 7.89. The van der Waals surface area contributed by atoms with E-state index in [1.165, 1.54) is 4.31 Å². The molecule has 2 N–H and O–H groups in total. The maximum atomic E-state index is 12.3. The van der Waals surface area contributed by atoms with E-state index in [0.29, 0.717) is 18.0 Å². The number of unbranched alkanes of at least 4 members (excludes halogenated alkanes) is 2. The van der Waals surface area contributed by atoms with E-state index in [9.17, 15) is 8.42 Å². The largest absolute Gasteiger partial charge is 0.363 e. The smallest absolute Gasteiger partial charge is 0.244 e. The van der Waals surface area contributed by atoms with Crippen LogP contribution in [0, 0.1) is 0 Å². The van der Waals surface area contributed by atoms with Gasteiger partial charge in [-0.3, -0.25) is 0 Å². The Balaban J connectivity index is 2.68. The van der Waals surface area contributed by atoms with Crippen LogP contribution in [0.4, 0.5) is 0 Å². The van der Waals surface area contributed by atoms with Gasteiger partial charge in [0.15, 0.2) is 0 Å². The number of nitrogens with zero attached hydrogens (tertiary/aromatic N) is 1. The van der Waals surface area contributed by atoms with Crippen LogP contribution < -0.4 is 5.32 Å². The molecule has 0 bridgehead atoms. The van der Waals surface area contributed by atoms with Crippen molar-refractivity contribution >= 4 is 10.0 Å². The first-order valence-corrected chi connectivity index (χ1v) is 8.30. The van der Waals surface area contributed by atoms with Crippen molar-refractivity contribution in [2.45, 2.75) is 44.6 Å². The summed E-state index contributed by atoms with van der Waals surface area (Å²) in [6.45, 7) is 6.21. The van der Waals surface area contributed by atoms with Crippen molar-refractivity contribution in [3.05, 3.63) is 18.0 Å². The molecule has 1 heterocycles. The van der Waals surface area contributed by atoms with E-state index in [0.717, 1.165) is 31.5 Å². The fourth-order valence-electron chi connectivity index (χ4n) is 1.81. The number of sulfonamides is 1. The predicted octanol–water partition coefficient (Wildman–Crippen LogP) is 1.93. The van der Waals surface area contributed by atoms with Crippen molar-refractivity contribution in [3.63, 3.8) is 0 Å². The molecule has 6 heteroatoms. The van der Waals surface area contributed by atoms with Crippen LogP contribution in [-0.4, -0.2) is 37.8 Å². The van der Waals surface area contributed by atoms with Crippen LogP contribution in [0.5, 0.6) is 0 Å². The molecule has 0 saturated carbocycles. The Labute approximate surface area is 116 Å². The minimum atomic E-state index is -3.35. The SMILES string of the molecule is CCCCCN(C)S(=O)(=O)c1c[nH]c(CNCC)c1. The Morgan fingerprint density at radius 1 is 1.32 bits per heavy atom. The van der Waals surface area contributed by atoms with E-state index in [4.69, 9.17) is 0 Å². The van der Waals surface area contributed by atoms with Gasteiger partial charge in [0.2, 0.25) is 10.0 Å². The average molecular weight is 287 g/mol. The zero-order valence-corrected chi connectivity index (χ0v) is 12.9. The second kappa shape index (κ2) is 7.67. The number of hydrogen-bond donors (Lipinski definition) is 2. The molecule has 0 spiro atoms. The van der Waals surface area contributed by atoms with Gasteiger partial charge in [0.25, 0.3) is 0 Å². The topological polar surface area (TPSA) is 65.2 Å². The highest BCUT2D eigenvalue weighted by Crippen LogP contribution is 2.16. The minimum absolute atomic E-state index is 0.347. The van der Waals surface area contributed by atoms with Crippen LogP contribution in [0.1, 0.15) is 38.8 Å². The summed E-state index contributed by atoms with van der Waals surface area (Å²) in [7, 11) is -1.71. The zero-order chi connectivity index (χ0) is 14.3. The lowest BCUT2D eigenvalue weighted by Crippen LogP contribution is -2.27. The van der Waals surface area contributed by atoms with Gasteiger partial charge in [-0.1, -0.05) is 26.7 Å². The molecule has 19 heavy (non-hydrogen) atoms. The van der Waals surface area contributed by atoms with Gasteiger partial charge < -0.3 is 10.3 Å². The summed E-state index contributed by atoms with van der Waals surface area (Å²) in [5, 5.41) is 3.16. The normalized spacial score (nSPS) is 12.2. The van der Waals surface area contributed by atoms with Gasteiger partial charge in [-0.15, -0.1) is 0 Å². The fourth-order valence-corrected chi connectivity index (χ4v) is 3.04. The molecule has 0 radical (unpaired) electrons. The highest BCUT2D eigenvalue weighted by atomic mass is 32.2. The van der Waals surface area contributed by atoms with Crippen LogP contribution in [0.25, 0.3) is 0 Å². The van der Waals surface area contributed by atoms with E-state index in [-0.39, 0.29) is 0 Å². The van der Waals surface area contributed by atoms with Crippen LogP contribution in [0.15, 0.2) is 17.2 Å². The summed E-state index contributed by atoms with van der Waals surface area (Å²) in [6, 6.07) is 1.70. The Morgan fingerprint density at radius 3 is 2.68 bits per heavy atom. The Bertz CT molecular complexity index is 468. The van der Waals surface area contributed by atoms with Crippen molar-refractivity contribution in [1.82, 2.24) is 14.6 Å². The van der Waals surface area contributed by atoms with E-state index >= 15 is 0 Å². The summed E-state index contributed by atoms with van der Waals surface area (Å²) in [5.41, 5.74) is 0.891. The lowest BCUT2D eigenvalue weighted by molar-refractivity contribution is 0.454. The number of hydrogen-bond acceptors (Lipinski definition) is 3. The van der Waals surface area contributed by atoms with Gasteiger partial charge in [-0.05, 0) is 19.0 Å². The summed E-state index contributed by atoms with van der Waals surface area (Å²) in [6.07, 6.45) is 4.61. The standard InChI is InChI=1S/C13H25N3O2S/c1-4-6-7-8-16(3)19(17,18)13-9-12(15-11-13)10-14-5-2/h9,11,14-15H,4-8,10H2,1-3H3.